The molecule has 0 spiro atoms. The molecular formula is C19H20N4O5S2. The van der Waals surface area contributed by atoms with Crippen LogP contribution in [0.25, 0.3) is 11.3 Å². The van der Waals surface area contributed by atoms with E-state index in [0.717, 1.165) is 17.0 Å². The molecule has 30 heavy (non-hydrogen) atoms. The molecule has 4 rings (SSSR count). The van der Waals surface area contributed by atoms with Crippen LogP contribution in [0.5, 0.6) is 5.75 Å². The molecule has 1 aromatic heterocycles. The number of nitrogens with zero attached hydrogens (tertiary/aromatic N) is 3. The van der Waals surface area contributed by atoms with Gasteiger partial charge in [0.05, 0.1) is 30.4 Å². The van der Waals surface area contributed by atoms with Crippen molar-refractivity contribution in [2.24, 2.45) is 5.10 Å². The highest BCUT2D eigenvalue weighted by Gasteiger charge is 2.37. The van der Waals surface area contributed by atoms with Crippen molar-refractivity contribution in [2.45, 2.75) is 25.3 Å². The number of hydrogen-bond acceptors (Lipinski definition) is 8. The number of anilines is 1. The third kappa shape index (κ3) is 4.36. The Kier molecular flexibility index (Phi) is 5.56. The van der Waals surface area contributed by atoms with E-state index in [9.17, 15) is 18.0 Å². The number of benzene rings is 1. The van der Waals surface area contributed by atoms with Crippen LogP contribution in [0.2, 0.25) is 0 Å². The lowest BCUT2D eigenvalue weighted by Crippen LogP contribution is -2.42. The van der Waals surface area contributed by atoms with Crippen LogP contribution in [-0.2, 0) is 19.4 Å². The second-order valence-corrected chi connectivity index (χ2v) is 10.1. The maximum absolute atomic E-state index is 12.6. The van der Waals surface area contributed by atoms with Crippen LogP contribution in [0, 0.1) is 0 Å². The molecule has 1 N–H and O–H groups in total. The van der Waals surface area contributed by atoms with Crippen LogP contribution in [0.15, 0.2) is 34.7 Å². The number of hydrogen-bond donors (Lipinski definition) is 1. The second kappa shape index (κ2) is 8.15. The Morgan fingerprint density at radius 1 is 1.27 bits per heavy atom. The SMILES string of the molecule is COc1ccc(-c2csc(NC(=O)C3=NN([C@H]4CCS(=O)(=O)C4)C(=O)CC3)n2)cc1. The summed E-state index contributed by atoms with van der Waals surface area (Å²) in [4.78, 5) is 29.3. The summed E-state index contributed by atoms with van der Waals surface area (Å²) in [6.07, 6.45) is 0.666. The molecule has 1 saturated heterocycles. The first-order chi connectivity index (χ1) is 14.3. The molecule has 1 aromatic carbocycles. The number of thiazole rings is 1. The van der Waals surface area contributed by atoms with Crippen molar-refractivity contribution >= 4 is 43.8 Å². The van der Waals surface area contributed by atoms with Crippen LogP contribution in [-0.4, -0.2) is 60.6 Å². The van der Waals surface area contributed by atoms with Gasteiger partial charge in [-0.1, -0.05) is 0 Å². The summed E-state index contributed by atoms with van der Waals surface area (Å²) in [5.74, 6) is -0.0405. The van der Waals surface area contributed by atoms with Crippen LogP contribution in [0.4, 0.5) is 5.13 Å². The Labute approximate surface area is 177 Å². The Bertz CT molecular complexity index is 1110. The minimum absolute atomic E-state index is 0.0335. The third-order valence-electron chi connectivity index (χ3n) is 4.99. The molecule has 9 nitrogen and oxygen atoms in total. The van der Waals surface area contributed by atoms with Crippen molar-refractivity contribution in [1.82, 2.24) is 9.99 Å². The molecule has 2 aliphatic rings. The molecule has 0 aliphatic carbocycles. The van der Waals surface area contributed by atoms with Crippen LogP contribution in [0.3, 0.4) is 0 Å². The fraction of sp³-hybridized carbons (Fsp3) is 0.368. The number of methoxy groups -OCH3 is 1. The van der Waals surface area contributed by atoms with Crippen molar-refractivity contribution in [1.29, 1.82) is 0 Å². The van der Waals surface area contributed by atoms with Gasteiger partial charge < -0.3 is 4.74 Å². The van der Waals surface area contributed by atoms with E-state index in [-0.39, 0.29) is 36.0 Å². The number of ether oxygens (including phenoxy) is 1. The van der Waals surface area contributed by atoms with Gasteiger partial charge in [-0.2, -0.15) is 5.10 Å². The summed E-state index contributed by atoms with van der Waals surface area (Å²) in [5.41, 5.74) is 1.80. The fourth-order valence-electron chi connectivity index (χ4n) is 3.38. The Hall–Kier alpha value is -2.79. The van der Waals surface area contributed by atoms with E-state index in [1.165, 1.54) is 16.3 Å². The van der Waals surface area contributed by atoms with Gasteiger partial charge in [0, 0.05) is 23.8 Å². The molecule has 0 radical (unpaired) electrons. The number of sulfone groups is 1. The molecule has 1 fully saturated rings. The number of hydrazone groups is 1. The van der Waals surface area contributed by atoms with Gasteiger partial charge >= 0.3 is 0 Å². The highest BCUT2D eigenvalue weighted by molar-refractivity contribution is 7.91. The average Bonchev–Trinajstić information content (AvgIpc) is 3.34. The van der Waals surface area contributed by atoms with Crippen molar-refractivity contribution in [3.8, 4) is 17.0 Å². The van der Waals surface area contributed by atoms with Crippen LogP contribution >= 0.6 is 11.3 Å². The second-order valence-electron chi connectivity index (χ2n) is 7.06. The molecule has 1 atom stereocenters. The molecule has 0 saturated carbocycles. The van der Waals surface area contributed by atoms with Crippen molar-refractivity contribution in [3.05, 3.63) is 29.6 Å². The quantitative estimate of drug-likeness (QED) is 0.747. The summed E-state index contributed by atoms with van der Waals surface area (Å²) in [6.45, 7) is 0. The lowest BCUT2D eigenvalue weighted by atomic mass is 10.1. The highest BCUT2D eigenvalue weighted by Crippen LogP contribution is 2.27. The Morgan fingerprint density at radius 2 is 2.03 bits per heavy atom. The number of carbonyl (C=O) groups excluding carboxylic acids is 2. The number of carbonyl (C=O) groups is 2. The Balaban J connectivity index is 1.46. The third-order valence-corrected chi connectivity index (χ3v) is 7.49. The molecule has 0 unspecified atom stereocenters. The van der Waals surface area contributed by atoms with Crippen molar-refractivity contribution in [3.63, 3.8) is 0 Å². The largest absolute Gasteiger partial charge is 0.497 e. The maximum atomic E-state index is 12.6. The summed E-state index contributed by atoms with van der Waals surface area (Å²) >= 11 is 1.28. The molecular weight excluding hydrogens is 428 g/mol. The molecule has 2 aromatic rings. The van der Waals surface area contributed by atoms with Crippen LogP contribution in [0.1, 0.15) is 19.3 Å². The number of rotatable bonds is 5. The number of aromatic nitrogens is 1. The summed E-state index contributed by atoms with van der Waals surface area (Å²) in [7, 11) is -1.57. The minimum Gasteiger partial charge on any atom is -0.497 e. The van der Waals surface area contributed by atoms with E-state index in [4.69, 9.17) is 4.74 Å². The van der Waals surface area contributed by atoms with E-state index in [0.29, 0.717) is 11.6 Å². The van der Waals surface area contributed by atoms with Gasteiger partial charge in [-0.25, -0.2) is 18.4 Å². The fourth-order valence-corrected chi connectivity index (χ4v) is 5.79. The van der Waals surface area contributed by atoms with Gasteiger partial charge in [0.2, 0.25) is 5.91 Å². The summed E-state index contributed by atoms with van der Waals surface area (Å²) in [6, 6.07) is 6.91. The molecule has 11 heteroatoms. The van der Waals surface area contributed by atoms with E-state index >= 15 is 0 Å². The smallest absolute Gasteiger partial charge is 0.273 e. The first-order valence-electron chi connectivity index (χ1n) is 9.36. The van der Waals surface area contributed by atoms with Gasteiger partial charge in [-0.3, -0.25) is 14.9 Å². The first-order valence-corrected chi connectivity index (χ1v) is 12.1. The first kappa shape index (κ1) is 20.5. The highest BCUT2D eigenvalue weighted by atomic mass is 32.2. The number of amides is 2. The van der Waals surface area contributed by atoms with E-state index in [1.807, 2.05) is 29.6 Å². The molecule has 0 bridgehead atoms. The number of nitrogens with one attached hydrogen (secondary N) is 1. The zero-order valence-electron chi connectivity index (χ0n) is 16.2. The van der Waals surface area contributed by atoms with Gasteiger partial charge in [0.15, 0.2) is 15.0 Å². The van der Waals surface area contributed by atoms with Crippen molar-refractivity contribution in [2.75, 3.05) is 23.9 Å². The average molecular weight is 449 g/mol. The van der Waals surface area contributed by atoms with E-state index < -0.39 is 21.8 Å². The minimum atomic E-state index is -3.16. The molecule has 3 heterocycles. The predicted octanol–water partition coefficient (Wildman–Crippen LogP) is 1.92. The normalized spacial score (nSPS) is 20.7. The van der Waals surface area contributed by atoms with E-state index in [2.05, 4.69) is 15.4 Å². The zero-order valence-corrected chi connectivity index (χ0v) is 17.8. The van der Waals surface area contributed by atoms with Gasteiger partial charge in [-0.15, -0.1) is 11.3 Å². The predicted molar refractivity (Wildman–Crippen MR) is 113 cm³/mol. The monoisotopic (exact) mass is 448 g/mol. The molecule has 158 valence electrons. The lowest BCUT2D eigenvalue weighted by molar-refractivity contribution is -0.133. The standard InChI is InChI=1S/C19H20N4O5S2/c1-28-14-4-2-12(3-5-14)16-10-29-19(20-16)21-18(25)15-6-7-17(24)23(22-15)13-8-9-30(26,27)11-13/h2-5,10,13H,6-9,11H2,1H3,(H,20,21,25)/t13-/m0/s1. The summed E-state index contributed by atoms with van der Waals surface area (Å²) < 4.78 is 28.6. The lowest BCUT2D eigenvalue weighted by Gasteiger charge is -2.27. The maximum Gasteiger partial charge on any atom is 0.273 e. The zero-order chi connectivity index (χ0) is 21.3. The Morgan fingerprint density at radius 3 is 2.70 bits per heavy atom. The van der Waals surface area contributed by atoms with E-state index in [1.54, 1.807) is 7.11 Å². The van der Waals surface area contributed by atoms with Gasteiger partial charge in [0.25, 0.3) is 5.91 Å². The molecule has 2 aliphatic heterocycles. The molecule has 2 amide bonds. The van der Waals surface area contributed by atoms with Crippen LogP contribution < -0.4 is 10.1 Å². The summed E-state index contributed by atoms with van der Waals surface area (Å²) in [5, 5.41) is 10.3. The van der Waals surface area contributed by atoms with Gasteiger partial charge in [0.1, 0.15) is 11.5 Å². The topological polar surface area (TPSA) is 118 Å². The van der Waals surface area contributed by atoms with Crippen molar-refractivity contribution < 1.29 is 22.7 Å². The van der Waals surface area contributed by atoms with Gasteiger partial charge in [-0.05, 0) is 30.7 Å².